The number of benzene rings is 1. The van der Waals surface area contributed by atoms with Crippen molar-refractivity contribution >= 4 is 27.5 Å². The van der Waals surface area contributed by atoms with E-state index in [0.29, 0.717) is 24.3 Å². The minimum absolute atomic E-state index is 0.0592. The molecule has 3 aromatic rings. The molecule has 1 amide bonds. The third-order valence-corrected chi connectivity index (χ3v) is 4.62. The van der Waals surface area contributed by atoms with Crippen molar-refractivity contribution in [2.45, 2.75) is 6.92 Å². The number of fused-ring (bicyclic) bond motifs is 1. The summed E-state index contributed by atoms with van der Waals surface area (Å²) in [7, 11) is 0. The molecule has 6 heteroatoms. The van der Waals surface area contributed by atoms with Gasteiger partial charge in [0.1, 0.15) is 10.7 Å². The van der Waals surface area contributed by atoms with Crippen molar-refractivity contribution in [1.29, 1.82) is 0 Å². The Hall–Kier alpha value is -2.31. The summed E-state index contributed by atoms with van der Waals surface area (Å²) in [6.45, 7) is 2.68. The molecule has 0 saturated carbocycles. The van der Waals surface area contributed by atoms with Gasteiger partial charge in [-0.1, -0.05) is 12.1 Å². The van der Waals surface area contributed by atoms with Crippen LogP contribution in [0.25, 0.3) is 20.9 Å². The van der Waals surface area contributed by atoms with E-state index in [4.69, 9.17) is 5.11 Å². The van der Waals surface area contributed by atoms with Crippen molar-refractivity contribution in [2.24, 2.45) is 0 Å². The molecule has 0 bridgehead atoms. The maximum Gasteiger partial charge on any atom is 0.256 e. The minimum atomic E-state index is -0.135. The lowest BCUT2D eigenvalue weighted by atomic mass is 10.1. The third kappa shape index (κ3) is 3.09. The maximum atomic E-state index is 12.7. The van der Waals surface area contributed by atoms with Gasteiger partial charge in [-0.2, -0.15) is 0 Å². The number of thiazole rings is 1. The average molecular weight is 327 g/mol. The summed E-state index contributed by atoms with van der Waals surface area (Å²) in [5.41, 5.74) is 2.01. The van der Waals surface area contributed by atoms with Gasteiger partial charge in [-0.05, 0) is 31.2 Å². The number of carbonyl (C=O) groups excluding carboxylic acids is 1. The van der Waals surface area contributed by atoms with E-state index in [1.807, 2.05) is 31.2 Å². The van der Waals surface area contributed by atoms with E-state index in [1.165, 1.54) is 11.3 Å². The molecular weight excluding hydrogens is 310 g/mol. The lowest BCUT2D eigenvalue weighted by Gasteiger charge is -2.20. The first-order valence-corrected chi connectivity index (χ1v) is 8.27. The van der Waals surface area contributed by atoms with Gasteiger partial charge in [0.15, 0.2) is 0 Å². The Morgan fingerprint density at radius 3 is 2.83 bits per heavy atom. The first kappa shape index (κ1) is 15.6. The number of para-hydroxylation sites is 1. The van der Waals surface area contributed by atoms with Gasteiger partial charge in [-0.3, -0.25) is 9.78 Å². The summed E-state index contributed by atoms with van der Waals surface area (Å²) in [4.78, 5) is 23.3. The second-order valence-corrected chi connectivity index (χ2v) is 6.03. The van der Waals surface area contributed by atoms with E-state index in [0.717, 1.165) is 15.2 Å². The summed E-state index contributed by atoms with van der Waals surface area (Å²) >= 11 is 1.52. The van der Waals surface area contributed by atoms with Crippen molar-refractivity contribution in [2.75, 3.05) is 19.7 Å². The predicted octanol–water partition coefficient (Wildman–Crippen LogP) is 2.81. The highest BCUT2D eigenvalue weighted by molar-refractivity contribution is 7.21. The highest BCUT2D eigenvalue weighted by Crippen LogP contribution is 2.31. The average Bonchev–Trinajstić information content (AvgIpc) is 3.03. The third-order valence-electron chi connectivity index (χ3n) is 3.57. The quantitative estimate of drug-likeness (QED) is 0.782. The Bertz CT molecular complexity index is 798. The van der Waals surface area contributed by atoms with Gasteiger partial charge in [0.05, 0.1) is 22.4 Å². The molecular formula is C17H17N3O2S. The van der Waals surface area contributed by atoms with E-state index in [9.17, 15) is 4.79 Å². The Balaban J connectivity index is 2.05. The topological polar surface area (TPSA) is 66.3 Å². The predicted molar refractivity (Wildman–Crippen MR) is 91.5 cm³/mol. The molecule has 0 fully saturated rings. The number of aliphatic hydroxyl groups is 1. The molecule has 0 aliphatic rings. The molecule has 0 saturated heterocycles. The van der Waals surface area contributed by atoms with Crippen molar-refractivity contribution in [3.63, 3.8) is 0 Å². The number of carbonyl (C=O) groups is 1. The molecule has 1 aromatic carbocycles. The summed E-state index contributed by atoms with van der Waals surface area (Å²) in [6.07, 6.45) is 1.67. The van der Waals surface area contributed by atoms with Gasteiger partial charge < -0.3 is 10.0 Å². The van der Waals surface area contributed by atoms with Gasteiger partial charge in [-0.15, -0.1) is 11.3 Å². The molecule has 0 aliphatic heterocycles. The molecule has 0 unspecified atom stereocenters. The van der Waals surface area contributed by atoms with E-state index in [1.54, 1.807) is 23.2 Å². The van der Waals surface area contributed by atoms with Crippen LogP contribution < -0.4 is 0 Å². The number of pyridine rings is 1. The lowest BCUT2D eigenvalue weighted by molar-refractivity contribution is 0.0732. The van der Waals surface area contributed by atoms with Gasteiger partial charge in [0.25, 0.3) is 5.91 Å². The van der Waals surface area contributed by atoms with Crippen LogP contribution in [-0.2, 0) is 0 Å². The fraction of sp³-hybridized carbons (Fsp3) is 0.235. The van der Waals surface area contributed by atoms with Crippen LogP contribution in [0, 0.1) is 0 Å². The van der Waals surface area contributed by atoms with Crippen molar-refractivity contribution in [3.8, 4) is 10.7 Å². The Kier molecular flexibility index (Phi) is 4.64. The van der Waals surface area contributed by atoms with Crippen molar-refractivity contribution < 1.29 is 9.90 Å². The number of nitrogens with zero attached hydrogens (tertiary/aromatic N) is 3. The van der Waals surface area contributed by atoms with Crippen LogP contribution in [0.4, 0.5) is 0 Å². The Morgan fingerprint density at radius 1 is 1.26 bits per heavy atom. The van der Waals surface area contributed by atoms with Gasteiger partial charge in [-0.25, -0.2) is 4.98 Å². The SMILES string of the molecule is CCN(CCO)C(=O)c1cccnc1-c1nc2ccccc2s1. The summed E-state index contributed by atoms with van der Waals surface area (Å²) in [5, 5.41) is 9.86. The summed E-state index contributed by atoms with van der Waals surface area (Å²) < 4.78 is 1.06. The maximum absolute atomic E-state index is 12.7. The van der Waals surface area contributed by atoms with Gasteiger partial charge in [0, 0.05) is 19.3 Å². The fourth-order valence-corrected chi connectivity index (χ4v) is 3.39. The minimum Gasteiger partial charge on any atom is -0.395 e. The number of hydrogen-bond donors (Lipinski definition) is 1. The molecule has 0 atom stereocenters. The number of aliphatic hydroxyl groups excluding tert-OH is 1. The first-order valence-electron chi connectivity index (χ1n) is 7.45. The second-order valence-electron chi connectivity index (χ2n) is 4.99. The highest BCUT2D eigenvalue weighted by Gasteiger charge is 2.20. The van der Waals surface area contributed by atoms with E-state index < -0.39 is 0 Å². The van der Waals surface area contributed by atoms with Gasteiger partial charge in [0.2, 0.25) is 0 Å². The summed E-state index contributed by atoms with van der Waals surface area (Å²) in [5.74, 6) is -0.135. The first-order chi connectivity index (χ1) is 11.2. The molecule has 1 N–H and O–H groups in total. The number of aromatic nitrogens is 2. The zero-order chi connectivity index (χ0) is 16.2. The number of amides is 1. The molecule has 0 radical (unpaired) electrons. The van der Waals surface area contributed by atoms with Crippen LogP contribution in [0.2, 0.25) is 0 Å². The van der Waals surface area contributed by atoms with Crippen LogP contribution in [0.15, 0.2) is 42.6 Å². The van der Waals surface area contributed by atoms with Crippen LogP contribution in [-0.4, -0.2) is 45.6 Å². The standard InChI is InChI=1S/C17H17N3O2S/c1-2-20(10-11-21)17(22)12-6-5-9-18-15(12)16-19-13-7-3-4-8-14(13)23-16/h3-9,21H,2,10-11H2,1H3. The lowest BCUT2D eigenvalue weighted by Crippen LogP contribution is -2.33. The van der Waals surface area contributed by atoms with Crippen LogP contribution >= 0.6 is 11.3 Å². The Morgan fingerprint density at radius 2 is 2.09 bits per heavy atom. The largest absolute Gasteiger partial charge is 0.395 e. The molecule has 118 valence electrons. The van der Waals surface area contributed by atoms with Crippen LogP contribution in [0.5, 0.6) is 0 Å². The molecule has 23 heavy (non-hydrogen) atoms. The van der Waals surface area contributed by atoms with Crippen molar-refractivity contribution in [1.82, 2.24) is 14.9 Å². The van der Waals surface area contributed by atoms with E-state index in [2.05, 4.69) is 9.97 Å². The van der Waals surface area contributed by atoms with E-state index in [-0.39, 0.29) is 12.5 Å². The zero-order valence-corrected chi connectivity index (χ0v) is 13.6. The van der Waals surface area contributed by atoms with Gasteiger partial charge >= 0.3 is 0 Å². The molecule has 0 aliphatic carbocycles. The highest BCUT2D eigenvalue weighted by atomic mass is 32.1. The fourth-order valence-electron chi connectivity index (χ4n) is 2.42. The van der Waals surface area contributed by atoms with E-state index >= 15 is 0 Å². The van der Waals surface area contributed by atoms with Crippen LogP contribution in [0.3, 0.4) is 0 Å². The smallest absolute Gasteiger partial charge is 0.256 e. The number of hydrogen-bond acceptors (Lipinski definition) is 5. The Labute approximate surface area is 138 Å². The van der Waals surface area contributed by atoms with Crippen molar-refractivity contribution in [3.05, 3.63) is 48.2 Å². The molecule has 2 aromatic heterocycles. The number of rotatable bonds is 5. The normalized spacial score (nSPS) is 10.9. The zero-order valence-electron chi connectivity index (χ0n) is 12.8. The monoisotopic (exact) mass is 327 g/mol. The molecule has 2 heterocycles. The molecule has 5 nitrogen and oxygen atoms in total. The molecule has 0 spiro atoms. The number of likely N-dealkylation sites (N-methyl/N-ethyl adjacent to an activating group) is 1. The summed E-state index contributed by atoms with van der Waals surface area (Å²) in [6, 6.07) is 11.4. The second kappa shape index (κ2) is 6.85. The van der Waals surface area contributed by atoms with Crippen LogP contribution in [0.1, 0.15) is 17.3 Å². The molecule has 3 rings (SSSR count).